The number of nitrogens with one attached hydrogen (secondary N) is 2. The first-order valence-electron chi connectivity index (χ1n) is 8.16. The summed E-state index contributed by atoms with van der Waals surface area (Å²) in [5.41, 5.74) is 0.811. The smallest absolute Gasteiger partial charge is 0.267 e. The number of carbonyl (C=O) groups excluding carboxylic acids is 3. The molecule has 134 valence electrons. The van der Waals surface area contributed by atoms with Crippen LogP contribution in [0, 0.1) is 0 Å². The molecule has 3 amide bonds. The van der Waals surface area contributed by atoms with E-state index in [1.54, 1.807) is 36.4 Å². The highest BCUT2D eigenvalue weighted by Gasteiger charge is 2.25. The number of para-hydroxylation sites is 1. The molecule has 0 atom stereocenters. The van der Waals surface area contributed by atoms with Crippen LogP contribution in [-0.2, 0) is 20.9 Å². The lowest BCUT2D eigenvalue weighted by Gasteiger charge is -2.23. The Bertz CT molecular complexity index is 815. The van der Waals surface area contributed by atoms with Gasteiger partial charge in [-0.15, -0.1) is 0 Å². The van der Waals surface area contributed by atoms with Gasteiger partial charge < -0.3 is 15.1 Å². The Morgan fingerprint density at radius 1 is 1.08 bits per heavy atom. The van der Waals surface area contributed by atoms with E-state index in [2.05, 4.69) is 15.7 Å². The molecule has 0 radical (unpaired) electrons. The van der Waals surface area contributed by atoms with E-state index in [-0.39, 0.29) is 43.5 Å². The van der Waals surface area contributed by atoms with Gasteiger partial charge in [0.15, 0.2) is 0 Å². The van der Waals surface area contributed by atoms with Crippen molar-refractivity contribution in [2.45, 2.75) is 19.4 Å². The number of hydrogen-bond donors (Lipinski definition) is 2. The lowest BCUT2D eigenvalue weighted by atomic mass is 10.1. The molecule has 1 aliphatic heterocycles. The first kappa shape index (κ1) is 17.4. The summed E-state index contributed by atoms with van der Waals surface area (Å²) in [7, 11) is 0. The van der Waals surface area contributed by atoms with Crippen LogP contribution >= 0.6 is 0 Å². The molecule has 2 N–H and O–H groups in total. The maximum atomic E-state index is 12.2. The number of hydrogen-bond acceptors (Lipinski definition) is 5. The Morgan fingerprint density at radius 2 is 1.88 bits per heavy atom. The summed E-state index contributed by atoms with van der Waals surface area (Å²) in [4.78, 5) is 36.1. The monoisotopic (exact) mass is 354 g/mol. The van der Waals surface area contributed by atoms with Crippen LogP contribution in [0.3, 0.4) is 0 Å². The van der Waals surface area contributed by atoms with Gasteiger partial charge in [0, 0.05) is 12.8 Å². The van der Waals surface area contributed by atoms with Crippen molar-refractivity contribution in [1.29, 1.82) is 0 Å². The minimum atomic E-state index is -0.466. The zero-order chi connectivity index (χ0) is 18.4. The van der Waals surface area contributed by atoms with Gasteiger partial charge in [0.25, 0.3) is 5.91 Å². The van der Waals surface area contributed by atoms with Gasteiger partial charge in [-0.05, 0) is 24.3 Å². The fraction of sp³-hybridized carbons (Fsp3) is 0.222. The van der Waals surface area contributed by atoms with Crippen LogP contribution in [0.1, 0.15) is 18.6 Å². The van der Waals surface area contributed by atoms with Crippen molar-refractivity contribution < 1.29 is 18.8 Å². The maximum absolute atomic E-state index is 12.2. The van der Waals surface area contributed by atoms with E-state index in [1.807, 2.05) is 6.07 Å². The number of hydrazone groups is 1. The predicted molar refractivity (Wildman–Crippen MR) is 94.2 cm³/mol. The molecule has 0 fully saturated rings. The molecule has 1 aliphatic rings. The Balaban J connectivity index is 1.55. The molecule has 0 spiro atoms. The van der Waals surface area contributed by atoms with Crippen LogP contribution in [-0.4, -0.2) is 30.0 Å². The molecule has 26 heavy (non-hydrogen) atoms. The molecule has 0 saturated carbocycles. The van der Waals surface area contributed by atoms with Crippen LogP contribution in [0.5, 0.6) is 0 Å². The van der Waals surface area contributed by atoms with E-state index in [9.17, 15) is 14.4 Å². The fourth-order valence-corrected chi connectivity index (χ4v) is 2.41. The van der Waals surface area contributed by atoms with E-state index >= 15 is 0 Å². The van der Waals surface area contributed by atoms with Crippen molar-refractivity contribution in [3.63, 3.8) is 0 Å². The minimum Gasteiger partial charge on any atom is -0.467 e. The number of nitrogens with zero attached hydrogens (tertiary/aromatic N) is 2. The lowest BCUT2D eigenvalue weighted by Crippen LogP contribution is -2.42. The third-order valence-corrected chi connectivity index (χ3v) is 3.74. The molecule has 2 heterocycles. The standard InChI is InChI=1S/C18H18N4O4/c23-16(19-11-14-7-4-10-26-14)12-20-18(25)15-8-9-17(24)22(21-15)13-5-2-1-3-6-13/h1-7,10H,8-9,11-12H2,(H,19,23)(H,20,25). The van der Waals surface area contributed by atoms with E-state index < -0.39 is 5.91 Å². The van der Waals surface area contributed by atoms with Gasteiger partial charge in [0.1, 0.15) is 11.5 Å². The highest BCUT2D eigenvalue weighted by Crippen LogP contribution is 2.19. The second kappa shape index (κ2) is 8.11. The third kappa shape index (κ3) is 4.35. The van der Waals surface area contributed by atoms with Crippen LogP contribution < -0.4 is 15.6 Å². The van der Waals surface area contributed by atoms with Gasteiger partial charge in [0.2, 0.25) is 11.8 Å². The van der Waals surface area contributed by atoms with Crippen molar-refractivity contribution in [2.24, 2.45) is 5.10 Å². The molecule has 3 rings (SSSR count). The second-order valence-corrected chi connectivity index (χ2v) is 5.63. The number of furan rings is 1. The minimum absolute atomic E-state index is 0.177. The summed E-state index contributed by atoms with van der Waals surface area (Å²) < 4.78 is 5.11. The maximum Gasteiger partial charge on any atom is 0.267 e. The highest BCUT2D eigenvalue weighted by atomic mass is 16.3. The summed E-state index contributed by atoms with van der Waals surface area (Å²) in [6.45, 7) is 0.0663. The van der Waals surface area contributed by atoms with Crippen LogP contribution in [0.15, 0.2) is 58.2 Å². The van der Waals surface area contributed by atoms with Crippen LogP contribution in [0.25, 0.3) is 0 Å². The summed E-state index contributed by atoms with van der Waals surface area (Å²) in [6.07, 6.45) is 1.94. The number of rotatable bonds is 6. The first-order valence-corrected chi connectivity index (χ1v) is 8.16. The SMILES string of the molecule is O=C(CNC(=O)C1=NN(c2ccccc2)C(=O)CC1)NCc1ccco1. The molecule has 2 aromatic rings. The molecule has 0 unspecified atom stereocenters. The van der Waals surface area contributed by atoms with Gasteiger partial charge in [-0.3, -0.25) is 14.4 Å². The Labute approximate surface area is 149 Å². The van der Waals surface area contributed by atoms with Crippen molar-refractivity contribution in [3.05, 3.63) is 54.5 Å². The Kier molecular flexibility index (Phi) is 5.43. The molecular weight excluding hydrogens is 336 g/mol. The molecule has 0 aliphatic carbocycles. The highest BCUT2D eigenvalue weighted by molar-refractivity contribution is 6.40. The fourth-order valence-electron chi connectivity index (χ4n) is 2.41. The lowest BCUT2D eigenvalue weighted by molar-refractivity contribution is -0.123. The molecule has 1 aromatic carbocycles. The molecule has 8 heteroatoms. The number of carbonyl (C=O) groups is 3. The van der Waals surface area contributed by atoms with E-state index in [0.717, 1.165) is 0 Å². The summed E-state index contributed by atoms with van der Waals surface area (Å²) in [5, 5.41) is 10.5. The number of benzene rings is 1. The first-order chi connectivity index (χ1) is 12.6. The average molecular weight is 354 g/mol. The topological polar surface area (TPSA) is 104 Å². The van der Waals surface area contributed by atoms with Crippen LogP contribution in [0.4, 0.5) is 5.69 Å². The van der Waals surface area contributed by atoms with Gasteiger partial charge >= 0.3 is 0 Å². The largest absolute Gasteiger partial charge is 0.467 e. The zero-order valence-corrected chi connectivity index (χ0v) is 14.0. The normalized spacial score (nSPS) is 13.9. The third-order valence-electron chi connectivity index (χ3n) is 3.74. The quantitative estimate of drug-likeness (QED) is 0.813. The van der Waals surface area contributed by atoms with Gasteiger partial charge in [-0.1, -0.05) is 18.2 Å². The number of anilines is 1. The Morgan fingerprint density at radius 3 is 2.62 bits per heavy atom. The Hall–Kier alpha value is -3.42. The molecular formula is C18H18N4O4. The average Bonchev–Trinajstić information content (AvgIpc) is 3.19. The summed E-state index contributed by atoms with van der Waals surface area (Å²) >= 11 is 0. The van der Waals surface area contributed by atoms with Gasteiger partial charge in [-0.25, -0.2) is 5.01 Å². The zero-order valence-electron chi connectivity index (χ0n) is 14.0. The van der Waals surface area contributed by atoms with Crippen LogP contribution in [0.2, 0.25) is 0 Å². The van der Waals surface area contributed by atoms with Gasteiger partial charge in [0.05, 0.1) is 25.0 Å². The van der Waals surface area contributed by atoms with Crippen molar-refractivity contribution in [1.82, 2.24) is 10.6 Å². The molecule has 0 bridgehead atoms. The van der Waals surface area contributed by atoms with E-state index in [0.29, 0.717) is 11.4 Å². The second-order valence-electron chi connectivity index (χ2n) is 5.63. The summed E-state index contributed by atoms with van der Waals surface area (Å²) in [5.74, 6) is -0.365. The predicted octanol–water partition coefficient (Wildman–Crippen LogP) is 1.19. The summed E-state index contributed by atoms with van der Waals surface area (Å²) in [6, 6.07) is 12.4. The van der Waals surface area contributed by atoms with E-state index in [1.165, 1.54) is 11.3 Å². The van der Waals surface area contributed by atoms with Crippen molar-refractivity contribution in [3.8, 4) is 0 Å². The molecule has 8 nitrogen and oxygen atoms in total. The number of amides is 3. The van der Waals surface area contributed by atoms with Gasteiger partial charge in [-0.2, -0.15) is 5.10 Å². The molecule has 1 aromatic heterocycles. The van der Waals surface area contributed by atoms with Crippen molar-refractivity contribution >= 4 is 29.1 Å². The molecule has 0 saturated heterocycles. The van der Waals surface area contributed by atoms with E-state index in [4.69, 9.17) is 4.42 Å². The van der Waals surface area contributed by atoms with Crippen molar-refractivity contribution in [2.75, 3.05) is 11.6 Å².